The van der Waals surface area contributed by atoms with Gasteiger partial charge in [0.25, 0.3) is 0 Å². The van der Waals surface area contributed by atoms with Gasteiger partial charge in [-0.05, 0) is 19.1 Å². The van der Waals surface area contributed by atoms with E-state index in [2.05, 4.69) is 21.7 Å². The second kappa shape index (κ2) is 5.08. The number of ether oxygens (including phenoxy) is 1. The van der Waals surface area contributed by atoms with Crippen LogP contribution in [-0.2, 0) is 4.74 Å². The lowest BCUT2D eigenvalue weighted by atomic mass is 10.0. The van der Waals surface area contributed by atoms with Crippen molar-refractivity contribution >= 4 is 17.9 Å². The highest BCUT2D eigenvalue weighted by Gasteiger charge is 2.34. The SMILES string of the molecule is CCOC(=O)NN[C@@]1(C#N)CCSC1. The highest BCUT2D eigenvalue weighted by molar-refractivity contribution is 7.99. The summed E-state index contributed by atoms with van der Waals surface area (Å²) in [6.07, 6.45) is 0.194. The Morgan fingerprint density at radius 2 is 2.57 bits per heavy atom. The molecule has 0 aromatic carbocycles. The van der Waals surface area contributed by atoms with Gasteiger partial charge in [-0.1, -0.05) is 0 Å². The molecule has 1 aliphatic rings. The number of carbonyl (C=O) groups is 1. The van der Waals surface area contributed by atoms with E-state index in [0.29, 0.717) is 12.4 Å². The monoisotopic (exact) mass is 215 g/mol. The summed E-state index contributed by atoms with van der Waals surface area (Å²) in [6.45, 7) is 2.05. The van der Waals surface area contributed by atoms with Crippen molar-refractivity contribution in [3.8, 4) is 6.07 Å². The molecule has 1 saturated heterocycles. The number of nitriles is 1. The summed E-state index contributed by atoms with van der Waals surface area (Å²) in [6, 6.07) is 2.17. The van der Waals surface area contributed by atoms with E-state index in [4.69, 9.17) is 5.26 Å². The molecule has 14 heavy (non-hydrogen) atoms. The molecule has 1 fully saturated rings. The summed E-state index contributed by atoms with van der Waals surface area (Å²) in [5.74, 6) is 1.63. The van der Waals surface area contributed by atoms with Gasteiger partial charge in [-0.2, -0.15) is 17.0 Å². The van der Waals surface area contributed by atoms with Gasteiger partial charge in [0.1, 0.15) is 5.54 Å². The minimum atomic E-state index is -0.628. The van der Waals surface area contributed by atoms with Crippen LogP contribution in [0.5, 0.6) is 0 Å². The summed E-state index contributed by atoms with van der Waals surface area (Å²) in [4.78, 5) is 10.9. The largest absolute Gasteiger partial charge is 0.449 e. The molecule has 5 nitrogen and oxygen atoms in total. The van der Waals surface area contributed by atoms with Crippen molar-refractivity contribution in [2.75, 3.05) is 18.1 Å². The molecule has 2 N–H and O–H groups in total. The molecule has 0 spiro atoms. The van der Waals surface area contributed by atoms with E-state index >= 15 is 0 Å². The first kappa shape index (κ1) is 11.1. The third-order valence-electron chi connectivity index (χ3n) is 1.91. The van der Waals surface area contributed by atoms with Crippen LogP contribution in [-0.4, -0.2) is 29.7 Å². The zero-order chi connectivity index (χ0) is 10.4. The molecular weight excluding hydrogens is 202 g/mol. The van der Waals surface area contributed by atoms with Gasteiger partial charge in [-0.15, -0.1) is 0 Å². The normalized spacial score (nSPS) is 25.4. The van der Waals surface area contributed by atoms with Crippen LogP contribution in [0.1, 0.15) is 13.3 Å². The zero-order valence-corrected chi connectivity index (χ0v) is 8.82. The Balaban J connectivity index is 2.35. The van der Waals surface area contributed by atoms with Gasteiger partial charge in [0.15, 0.2) is 0 Å². The van der Waals surface area contributed by atoms with Crippen LogP contribution in [0.15, 0.2) is 0 Å². The maximum Gasteiger partial charge on any atom is 0.421 e. The Hall–Kier alpha value is -0.930. The van der Waals surface area contributed by atoms with Crippen molar-refractivity contribution in [1.82, 2.24) is 10.9 Å². The number of hydrogen-bond donors (Lipinski definition) is 2. The average molecular weight is 215 g/mol. The van der Waals surface area contributed by atoms with Crippen molar-refractivity contribution < 1.29 is 9.53 Å². The number of hydrogen-bond acceptors (Lipinski definition) is 5. The van der Waals surface area contributed by atoms with Crippen LogP contribution in [0.3, 0.4) is 0 Å². The Bertz CT molecular complexity index is 245. The maximum absolute atomic E-state index is 10.9. The molecule has 0 unspecified atom stereocenters. The second-order valence-corrected chi connectivity index (χ2v) is 4.07. The molecule has 0 saturated carbocycles. The fourth-order valence-electron chi connectivity index (χ4n) is 1.12. The molecule has 1 rings (SSSR count). The van der Waals surface area contributed by atoms with Crippen LogP contribution in [0.25, 0.3) is 0 Å². The topological polar surface area (TPSA) is 74.2 Å². The lowest BCUT2D eigenvalue weighted by Crippen LogP contribution is -2.53. The maximum atomic E-state index is 10.9. The van der Waals surface area contributed by atoms with E-state index in [-0.39, 0.29) is 0 Å². The molecule has 0 aromatic rings. The number of nitrogens with one attached hydrogen (secondary N) is 2. The third kappa shape index (κ3) is 2.79. The molecule has 0 radical (unpaired) electrons. The zero-order valence-electron chi connectivity index (χ0n) is 8.00. The Morgan fingerprint density at radius 1 is 1.79 bits per heavy atom. The third-order valence-corrected chi connectivity index (χ3v) is 3.10. The summed E-state index contributed by atoms with van der Waals surface area (Å²) in [5, 5.41) is 8.94. The van der Waals surface area contributed by atoms with Crippen LogP contribution < -0.4 is 10.9 Å². The van der Waals surface area contributed by atoms with Crippen molar-refractivity contribution in [1.29, 1.82) is 5.26 Å². The summed E-state index contributed by atoms with van der Waals surface area (Å²) in [7, 11) is 0. The van der Waals surface area contributed by atoms with E-state index in [9.17, 15) is 4.79 Å². The standard InChI is InChI=1S/C8H13N3O2S/c1-2-13-7(12)10-11-8(5-9)3-4-14-6-8/h11H,2-4,6H2,1H3,(H,10,12)/t8-/m1/s1. The van der Waals surface area contributed by atoms with Gasteiger partial charge in [0.05, 0.1) is 12.7 Å². The highest BCUT2D eigenvalue weighted by Crippen LogP contribution is 2.26. The molecule has 1 aliphatic heterocycles. The van der Waals surface area contributed by atoms with Gasteiger partial charge in [0, 0.05) is 5.75 Å². The van der Waals surface area contributed by atoms with Gasteiger partial charge < -0.3 is 4.74 Å². The Morgan fingerprint density at radius 3 is 3.07 bits per heavy atom. The van der Waals surface area contributed by atoms with Gasteiger partial charge in [-0.3, -0.25) is 5.43 Å². The predicted molar refractivity (Wildman–Crippen MR) is 53.6 cm³/mol. The van der Waals surface area contributed by atoms with Crippen LogP contribution in [0, 0.1) is 11.3 Å². The van der Waals surface area contributed by atoms with E-state index in [0.717, 1.165) is 12.2 Å². The highest BCUT2D eigenvalue weighted by atomic mass is 32.2. The number of rotatable bonds is 3. The summed E-state index contributed by atoms with van der Waals surface area (Å²) >= 11 is 1.69. The number of thioether (sulfide) groups is 1. The smallest absolute Gasteiger partial charge is 0.421 e. The molecule has 1 heterocycles. The van der Waals surface area contributed by atoms with Crippen LogP contribution >= 0.6 is 11.8 Å². The minimum Gasteiger partial charge on any atom is -0.449 e. The molecule has 0 aromatic heterocycles. The van der Waals surface area contributed by atoms with E-state index in [1.165, 1.54) is 0 Å². The van der Waals surface area contributed by atoms with Crippen LogP contribution in [0.4, 0.5) is 4.79 Å². The summed E-state index contributed by atoms with van der Waals surface area (Å²) in [5.41, 5.74) is 4.47. The molecule has 1 atom stereocenters. The van der Waals surface area contributed by atoms with Gasteiger partial charge >= 0.3 is 6.09 Å². The van der Waals surface area contributed by atoms with Crippen LogP contribution in [0.2, 0.25) is 0 Å². The van der Waals surface area contributed by atoms with Crippen molar-refractivity contribution in [3.63, 3.8) is 0 Å². The van der Waals surface area contributed by atoms with Gasteiger partial charge in [-0.25, -0.2) is 10.2 Å². The molecule has 0 aliphatic carbocycles. The number of carbonyl (C=O) groups excluding carboxylic acids is 1. The van der Waals surface area contributed by atoms with E-state index in [1.54, 1.807) is 18.7 Å². The quantitative estimate of drug-likeness (QED) is 0.676. The molecule has 78 valence electrons. The first-order valence-electron chi connectivity index (χ1n) is 4.41. The first-order valence-corrected chi connectivity index (χ1v) is 5.57. The van der Waals surface area contributed by atoms with Crippen molar-refractivity contribution in [2.24, 2.45) is 0 Å². The second-order valence-electron chi connectivity index (χ2n) is 2.97. The number of hydrazine groups is 1. The number of nitrogens with zero attached hydrogens (tertiary/aromatic N) is 1. The fourth-order valence-corrected chi connectivity index (χ4v) is 2.38. The Kier molecular flexibility index (Phi) is 4.04. The van der Waals surface area contributed by atoms with Crippen molar-refractivity contribution in [2.45, 2.75) is 18.9 Å². The lowest BCUT2D eigenvalue weighted by Gasteiger charge is -2.20. The average Bonchev–Trinajstić information content (AvgIpc) is 2.65. The predicted octanol–water partition coefficient (Wildman–Crippen LogP) is 0.636. The molecule has 0 bridgehead atoms. The lowest BCUT2D eigenvalue weighted by molar-refractivity contribution is 0.143. The molecule has 6 heteroatoms. The molecule has 1 amide bonds. The summed E-state index contributed by atoms with van der Waals surface area (Å²) < 4.78 is 4.66. The fraction of sp³-hybridized carbons (Fsp3) is 0.750. The molecular formula is C8H13N3O2S. The van der Waals surface area contributed by atoms with E-state index in [1.807, 2.05) is 0 Å². The van der Waals surface area contributed by atoms with Crippen molar-refractivity contribution in [3.05, 3.63) is 0 Å². The first-order chi connectivity index (χ1) is 6.72. The number of amides is 1. The van der Waals surface area contributed by atoms with Gasteiger partial charge in [0.2, 0.25) is 0 Å². The Labute approximate surface area is 87.1 Å². The van der Waals surface area contributed by atoms with E-state index < -0.39 is 11.6 Å². The minimum absolute atomic E-state index is 0.321.